The molecule has 0 heterocycles. The Labute approximate surface area is 142 Å². The van der Waals surface area contributed by atoms with E-state index >= 15 is 0 Å². The number of hydrazone groups is 1. The number of hydrogen-bond acceptors (Lipinski definition) is 5. The molecular formula is C17H21N3O3S. The van der Waals surface area contributed by atoms with Crippen molar-refractivity contribution in [1.82, 2.24) is 0 Å². The number of nitrogens with one attached hydrogen (secondary N) is 1. The van der Waals surface area contributed by atoms with Crippen molar-refractivity contribution in [2.24, 2.45) is 10.2 Å². The lowest BCUT2D eigenvalue weighted by Crippen LogP contribution is -2.11. The summed E-state index contributed by atoms with van der Waals surface area (Å²) in [7, 11) is -3.69. The molecule has 0 bridgehead atoms. The molecule has 0 radical (unpaired) electrons. The Morgan fingerprint density at radius 1 is 1.21 bits per heavy atom. The van der Waals surface area contributed by atoms with Gasteiger partial charge in [-0.25, -0.2) is 13.6 Å². The van der Waals surface area contributed by atoms with E-state index < -0.39 is 10.0 Å². The van der Waals surface area contributed by atoms with Crippen LogP contribution in [0.15, 0.2) is 46.4 Å². The van der Waals surface area contributed by atoms with Gasteiger partial charge in [0.25, 0.3) is 0 Å². The average molecular weight is 347 g/mol. The fourth-order valence-electron chi connectivity index (χ4n) is 2.32. The molecule has 6 nitrogen and oxygen atoms in total. The minimum Gasteiger partial charge on any atom is -0.493 e. The van der Waals surface area contributed by atoms with E-state index in [2.05, 4.69) is 16.6 Å². The van der Waals surface area contributed by atoms with Crippen LogP contribution < -0.4 is 15.3 Å². The first-order valence-electron chi connectivity index (χ1n) is 7.47. The molecule has 0 saturated carbocycles. The number of ether oxygens (including phenoxy) is 1. The summed E-state index contributed by atoms with van der Waals surface area (Å²) < 4.78 is 28.1. The summed E-state index contributed by atoms with van der Waals surface area (Å²) in [4.78, 5) is 0.0602. The highest BCUT2D eigenvalue weighted by molar-refractivity contribution is 7.89. The van der Waals surface area contributed by atoms with Gasteiger partial charge in [0.15, 0.2) is 0 Å². The van der Waals surface area contributed by atoms with Crippen molar-refractivity contribution in [3.8, 4) is 5.75 Å². The van der Waals surface area contributed by atoms with Crippen molar-refractivity contribution < 1.29 is 13.2 Å². The van der Waals surface area contributed by atoms with Crippen LogP contribution in [-0.2, 0) is 10.0 Å². The zero-order valence-corrected chi connectivity index (χ0v) is 14.7. The van der Waals surface area contributed by atoms with Gasteiger partial charge < -0.3 is 4.74 Å². The van der Waals surface area contributed by atoms with Crippen molar-refractivity contribution in [2.75, 3.05) is 12.0 Å². The van der Waals surface area contributed by atoms with Gasteiger partial charge in [0.05, 0.1) is 23.4 Å². The first-order valence-corrected chi connectivity index (χ1v) is 9.02. The van der Waals surface area contributed by atoms with Crippen molar-refractivity contribution in [3.05, 3.63) is 53.1 Å². The fourth-order valence-corrected chi connectivity index (χ4v) is 2.84. The van der Waals surface area contributed by atoms with Crippen molar-refractivity contribution in [2.45, 2.75) is 25.7 Å². The summed E-state index contributed by atoms with van der Waals surface area (Å²) >= 11 is 0. The van der Waals surface area contributed by atoms with Crippen LogP contribution in [0, 0.1) is 13.8 Å². The monoisotopic (exact) mass is 347 g/mol. The summed E-state index contributed by atoms with van der Waals surface area (Å²) in [5, 5.41) is 9.26. The molecule has 128 valence electrons. The Bertz CT molecular complexity index is 844. The van der Waals surface area contributed by atoms with Crippen LogP contribution in [-0.4, -0.2) is 21.2 Å². The summed E-state index contributed by atoms with van der Waals surface area (Å²) in [5.74, 6) is 0.804. The molecule has 0 amide bonds. The van der Waals surface area contributed by atoms with Crippen LogP contribution in [0.25, 0.3) is 0 Å². The Hall–Kier alpha value is -2.38. The van der Waals surface area contributed by atoms with Crippen LogP contribution >= 0.6 is 0 Å². The predicted molar refractivity (Wildman–Crippen MR) is 96.1 cm³/mol. The Kier molecular flexibility index (Phi) is 5.58. The number of aryl methyl sites for hydroxylation is 2. The van der Waals surface area contributed by atoms with Gasteiger partial charge in [-0.1, -0.05) is 6.07 Å². The van der Waals surface area contributed by atoms with Gasteiger partial charge in [0.1, 0.15) is 5.75 Å². The van der Waals surface area contributed by atoms with Gasteiger partial charge in [-0.2, -0.15) is 5.10 Å². The molecule has 0 aliphatic heterocycles. The third kappa shape index (κ3) is 4.56. The lowest BCUT2D eigenvalue weighted by Gasteiger charge is -2.11. The first kappa shape index (κ1) is 18.0. The maximum atomic E-state index is 11.2. The lowest BCUT2D eigenvalue weighted by molar-refractivity contribution is 0.337. The zero-order valence-electron chi connectivity index (χ0n) is 13.9. The maximum absolute atomic E-state index is 11.2. The van der Waals surface area contributed by atoms with Crippen molar-refractivity contribution in [3.63, 3.8) is 0 Å². The lowest BCUT2D eigenvalue weighted by atomic mass is 10.1. The molecule has 2 aromatic carbocycles. The van der Waals surface area contributed by atoms with Gasteiger partial charge in [-0.05, 0) is 62.2 Å². The SMILES string of the molecule is CCOc1c(C)cc(C)cc1C=NNc1ccc(S(N)(=O)=O)cc1. The van der Waals surface area contributed by atoms with Crippen molar-refractivity contribution >= 4 is 21.9 Å². The van der Waals surface area contributed by atoms with Crippen LogP contribution in [0.3, 0.4) is 0 Å². The third-order valence-electron chi connectivity index (χ3n) is 3.32. The molecule has 0 aliphatic carbocycles. The molecule has 3 N–H and O–H groups in total. The molecule has 0 saturated heterocycles. The Morgan fingerprint density at radius 2 is 1.88 bits per heavy atom. The van der Waals surface area contributed by atoms with E-state index in [9.17, 15) is 8.42 Å². The van der Waals surface area contributed by atoms with E-state index in [-0.39, 0.29) is 4.90 Å². The molecule has 2 rings (SSSR count). The average Bonchev–Trinajstić information content (AvgIpc) is 2.50. The second kappa shape index (κ2) is 7.46. The van der Waals surface area contributed by atoms with Crippen LogP contribution in [0.5, 0.6) is 5.75 Å². The molecule has 24 heavy (non-hydrogen) atoms. The Morgan fingerprint density at radius 3 is 2.46 bits per heavy atom. The molecule has 7 heteroatoms. The van der Waals surface area contributed by atoms with Gasteiger partial charge in [0.2, 0.25) is 10.0 Å². The number of rotatable bonds is 6. The third-order valence-corrected chi connectivity index (χ3v) is 4.25. The number of hydrogen-bond donors (Lipinski definition) is 2. The first-order chi connectivity index (χ1) is 11.3. The van der Waals surface area contributed by atoms with Crippen molar-refractivity contribution in [1.29, 1.82) is 0 Å². The number of nitrogens with zero attached hydrogens (tertiary/aromatic N) is 1. The smallest absolute Gasteiger partial charge is 0.238 e. The van der Waals surface area contributed by atoms with E-state index in [1.165, 1.54) is 12.1 Å². The minimum atomic E-state index is -3.69. The topological polar surface area (TPSA) is 93.8 Å². The second-order valence-corrected chi connectivity index (χ2v) is 6.93. The van der Waals surface area contributed by atoms with Gasteiger partial charge >= 0.3 is 0 Å². The largest absolute Gasteiger partial charge is 0.493 e. The number of anilines is 1. The Balaban J connectivity index is 2.17. The minimum absolute atomic E-state index is 0.0602. The second-order valence-electron chi connectivity index (χ2n) is 5.37. The molecular weight excluding hydrogens is 326 g/mol. The van der Waals surface area contributed by atoms with Gasteiger partial charge in [-0.3, -0.25) is 5.43 Å². The zero-order chi connectivity index (χ0) is 17.7. The highest BCUT2D eigenvalue weighted by Crippen LogP contribution is 2.24. The van der Waals surface area contributed by atoms with Gasteiger partial charge in [0, 0.05) is 5.56 Å². The van der Waals surface area contributed by atoms with Crippen LogP contribution in [0.2, 0.25) is 0 Å². The standard InChI is InChI=1S/C17H21N3O3S/c1-4-23-17-13(3)9-12(2)10-14(17)11-19-20-15-5-7-16(8-6-15)24(18,21)22/h5-11,20H,4H2,1-3H3,(H2,18,21,22). The summed E-state index contributed by atoms with van der Waals surface area (Å²) in [5.41, 5.74) is 6.56. The van der Waals surface area contributed by atoms with Crippen LogP contribution in [0.4, 0.5) is 5.69 Å². The van der Waals surface area contributed by atoms with E-state index in [0.29, 0.717) is 12.3 Å². The molecule has 2 aromatic rings. The molecule has 0 fully saturated rings. The summed E-state index contributed by atoms with van der Waals surface area (Å²) in [6.07, 6.45) is 1.68. The highest BCUT2D eigenvalue weighted by atomic mass is 32.2. The number of nitrogens with two attached hydrogens (primary N) is 1. The van der Waals surface area contributed by atoms with Crippen LogP contribution in [0.1, 0.15) is 23.6 Å². The molecule has 0 aromatic heterocycles. The number of primary sulfonamides is 1. The fraction of sp³-hybridized carbons (Fsp3) is 0.235. The van der Waals surface area contributed by atoms with E-state index in [0.717, 1.165) is 22.4 Å². The molecule has 0 aliphatic rings. The normalized spacial score (nSPS) is 11.7. The van der Waals surface area contributed by atoms with E-state index in [1.54, 1.807) is 18.3 Å². The number of benzene rings is 2. The molecule has 0 unspecified atom stereocenters. The maximum Gasteiger partial charge on any atom is 0.238 e. The predicted octanol–water partition coefficient (Wildman–Crippen LogP) is 2.80. The highest BCUT2D eigenvalue weighted by Gasteiger charge is 2.07. The molecule has 0 atom stereocenters. The van der Waals surface area contributed by atoms with Gasteiger partial charge in [-0.15, -0.1) is 0 Å². The number of sulfonamides is 1. The van der Waals surface area contributed by atoms with E-state index in [1.807, 2.05) is 26.8 Å². The summed E-state index contributed by atoms with van der Waals surface area (Å²) in [6.45, 7) is 6.52. The quantitative estimate of drug-likeness (QED) is 0.620. The van der Waals surface area contributed by atoms with E-state index in [4.69, 9.17) is 9.88 Å². The summed E-state index contributed by atoms with van der Waals surface area (Å²) in [6, 6.07) is 10.1. The molecule has 0 spiro atoms.